The van der Waals surface area contributed by atoms with Crippen LogP contribution in [-0.4, -0.2) is 14.7 Å². The van der Waals surface area contributed by atoms with Crippen molar-refractivity contribution in [2.75, 3.05) is 0 Å². The van der Waals surface area contributed by atoms with E-state index in [1.807, 2.05) is 40.6 Å². The van der Waals surface area contributed by atoms with Gasteiger partial charge in [0, 0.05) is 59.8 Å². The molecule has 0 saturated heterocycles. The predicted octanol–water partition coefficient (Wildman–Crippen LogP) is 3.37. The van der Waals surface area contributed by atoms with Crippen LogP contribution in [0.2, 0.25) is 0 Å². The largest absolute Gasteiger partial charge is 0.356 e. The van der Waals surface area contributed by atoms with Gasteiger partial charge in [-0.2, -0.15) is 0 Å². The van der Waals surface area contributed by atoms with Crippen LogP contribution in [0.25, 0.3) is 22.2 Å². The summed E-state index contributed by atoms with van der Waals surface area (Å²) < 4.78 is 22.5. The van der Waals surface area contributed by atoms with Gasteiger partial charge in [-0.3, -0.25) is 9.36 Å². The third-order valence-corrected chi connectivity index (χ3v) is 5.80. The summed E-state index contributed by atoms with van der Waals surface area (Å²) in [6, 6.07) is 8.32. The van der Waals surface area contributed by atoms with Gasteiger partial charge in [0.2, 0.25) is 0 Å². The van der Waals surface area contributed by atoms with Crippen LogP contribution >= 0.6 is 0 Å². The second-order valence-corrected chi connectivity index (χ2v) is 7.75. The van der Waals surface area contributed by atoms with E-state index in [0.717, 1.165) is 53.8 Å². The Morgan fingerprint density at radius 1 is 1.20 bits per heavy atom. The van der Waals surface area contributed by atoms with Crippen LogP contribution in [0.4, 0.5) is 4.39 Å². The van der Waals surface area contributed by atoms with E-state index in [2.05, 4.69) is 10.1 Å². The number of nitrogens with zero attached hydrogens (tertiary/aromatic N) is 4. The van der Waals surface area contributed by atoms with Gasteiger partial charge in [-0.05, 0) is 31.9 Å². The van der Waals surface area contributed by atoms with Gasteiger partial charge in [-0.1, -0.05) is 5.16 Å². The number of rotatable bonds is 4. The molecule has 5 rings (SSSR count). The zero-order chi connectivity index (χ0) is 20.7. The van der Waals surface area contributed by atoms with Crippen LogP contribution in [-0.2, 0) is 25.9 Å². The minimum Gasteiger partial charge on any atom is -0.356 e. The number of halogens is 1. The molecular weight excluding hydrogens is 383 g/mol. The Hall–Kier alpha value is -3.35. The molecule has 30 heavy (non-hydrogen) atoms. The lowest BCUT2D eigenvalue weighted by atomic mass is 10.1. The molecule has 152 valence electrons. The van der Waals surface area contributed by atoms with E-state index < -0.39 is 0 Å². The lowest BCUT2D eigenvalue weighted by Gasteiger charge is -2.19. The van der Waals surface area contributed by atoms with E-state index in [0.29, 0.717) is 24.2 Å². The molecule has 0 N–H and O–H groups in total. The summed E-state index contributed by atoms with van der Waals surface area (Å²) in [6.07, 6.45) is 7.57. The Kier molecular flexibility index (Phi) is 4.65. The number of hydrogen-bond donors (Lipinski definition) is 0. The fourth-order valence-electron chi connectivity index (χ4n) is 4.14. The van der Waals surface area contributed by atoms with Gasteiger partial charge < -0.3 is 4.52 Å². The first-order valence-electron chi connectivity index (χ1n) is 10.2. The van der Waals surface area contributed by atoms with Crippen molar-refractivity contribution < 1.29 is 13.5 Å². The molecule has 7 heteroatoms. The maximum Gasteiger partial charge on any atom is 0.257 e. The van der Waals surface area contributed by atoms with Crippen molar-refractivity contribution in [2.45, 2.75) is 45.7 Å². The molecule has 0 aliphatic carbocycles. The molecule has 0 atom stereocenters. The fourth-order valence-corrected chi connectivity index (χ4v) is 4.14. The highest BCUT2D eigenvalue weighted by atomic mass is 19.1. The minimum atomic E-state index is -0.348. The monoisotopic (exact) mass is 405 g/mol. The number of aryl methyl sites for hydroxylation is 3. The predicted molar refractivity (Wildman–Crippen MR) is 109 cm³/mol. The van der Waals surface area contributed by atoms with Crippen LogP contribution in [0.1, 0.15) is 29.9 Å². The number of benzene rings is 1. The molecule has 0 radical (unpaired) electrons. The van der Waals surface area contributed by atoms with E-state index in [-0.39, 0.29) is 11.4 Å². The normalized spacial score (nSPS) is 13.5. The summed E-state index contributed by atoms with van der Waals surface area (Å²) in [7, 11) is 0. The van der Waals surface area contributed by atoms with Crippen molar-refractivity contribution in [1.82, 2.24) is 14.7 Å². The fraction of sp³-hybridized carbons (Fsp3) is 0.304. The van der Waals surface area contributed by atoms with Gasteiger partial charge in [0.05, 0.1) is 0 Å². The first-order chi connectivity index (χ1) is 14.6. The summed E-state index contributed by atoms with van der Waals surface area (Å²) >= 11 is 0. The SMILES string of the molecule is Cc1nc2n(c(=O)c1CC[n+]1ccc(-c3noc4cc(F)ccc34)cc1)CCCC2. The van der Waals surface area contributed by atoms with E-state index in [9.17, 15) is 9.18 Å². The number of aromatic nitrogens is 4. The van der Waals surface area contributed by atoms with Gasteiger partial charge in [0.25, 0.3) is 5.56 Å². The van der Waals surface area contributed by atoms with Crippen molar-refractivity contribution in [3.05, 3.63) is 76.0 Å². The van der Waals surface area contributed by atoms with Crippen LogP contribution < -0.4 is 10.1 Å². The van der Waals surface area contributed by atoms with E-state index in [1.54, 1.807) is 6.07 Å². The molecule has 0 saturated carbocycles. The summed E-state index contributed by atoms with van der Waals surface area (Å²) in [5.74, 6) is 0.572. The van der Waals surface area contributed by atoms with E-state index in [1.165, 1.54) is 12.1 Å². The summed E-state index contributed by atoms with van der Waals surface area (Å²) in [4.78, 5) is 17.6. The molecule has 0 bridgehead atoms. The maximum absolute atomic E-state index is 13.4. The van der Waals surface area contributed by atoms with Gasteiger partial charge in [-0.25, -0.2) is 13.9 Å². The molecule has 1 aliphatic heterocycles. The molecule has 0 unspecified atom stereocenters. The van der Waals surface area contributed by atoms with Gasteiger partial charge in [0.15, 0.2) is 24.5 Å². The van der Waals surface area contributed by atoms with Crippen molar-refractivity contribution >= 4 is 11.0 Å². The molecule has 4 aromatic rings. The van der Waals surface area contributed by atoms with E-state index in [4.69, 9.17) is 4.52 Å². The summed E-state index contributed by atoms with van der Waals surface area (Å²) in [6.45, 7) is 3.38. The second-order valence-electron chi connectivity index (χ2n) is 7.75. The topological polar surface area (TPSA) is 64.8 Å². The number of pyridine rings is 1. The molecule has 4 heterocycles. The van der Waals surface area contributed by atoms with Gasteiger partial charge in [-0.15, -0.1) is 0 Å². The van der Waals surface area contributed by atoms with Crippen LogP contribution in [0.15, 0.2) is 52.0 Å². The van der Waals surface area contributed by atoms with Gasteiger partial charge >= 0.3 is 0 Å². The first-order valence-corrected chi connectivity index (χ1v) is 10.2. The van der Waals surface area contributed by atoms with Crippen molar-refractivity contribution in [3.8, 4) is 11.3 Å². The average Bonchev–Trinajstić information content (AvgIpc) is 3.17. The molecule has 0 spiro atoms. The quantitative estimate of drug-likeness (QED) is 0.489. The van der Waals surface area contributed by atoms with Crippen molar-refractivity contribution in [2.24, 2.45) is 0 Å². The summed E-state index contributed by atoms with van der Waals surface area (Å²) in [5.41, 5.74) is 3.75. The number of hydrogen-bond acceptors (Lipinski definition) is 4. The third-order valence-electron chi connectivity index (χ3n) is 5.80. The Morgan fingerprint density at radius 2 is 2.03 bits per heavy atom. The zero-order valence-electron chi connectivity index (χ0n) is 16.8. The van der Waals surface area contributed by atoms with Crippen LogP contribution in [0.5, 0.6) is 0 Å². The zero-order valence-corrected chi connectivity index (χ0v) is 16.8. The molecule has 1 aliphatic rings. The minimum absolute atomic E-state index is 0.107. The number of fused-ring (bicyclic) bond motifs is 2. The van der Waals surface area contributed by atoms with Crippen LogP contribution in [0.3, 0.4) is 0 Å². The third kappa shape index (κ3) is 3.30. The van der Waals surface area contributed by atoms with Crippen molar-refractivity contribution in [1.29, 1.82) is 0 Å². The van der Waals surface area contributed by atoms with Crippen molar-refractivity contribution in [3.63, 3.8) is 0 Å². The highest BCUT2D eigenvalue weighted by Crippen LogP contribution is 2.27. The van der Waals surface area contributed by atoms with Crippen LogP contribution in [0, 0.1) is 12.7 Å². The van der Waals surface area contributed by atoms with Gasteiger partial charge in [0.1, 0.15) is 17.3 Å². The average molecular weight is 405 g/mol. The Balaban J connectivity index is 1.36. The smallest absolute Gasteiger partial charge is 0.257 e. The molecule has 6 nitrogen and oxygen atoms in total. The first kappa shape index (κ1) is 18.7. The maximum atomic E-state index is 13.4. The lowest BCUT2D eigenvalue weighted by Crippen LogP contribution is -2.37. The molecule has 3 aromatic heterocycles. The Labute approximate surface area is 172 Å². The second kappa shape index (κ2) is 7.48. The molecule has 0 fully saturated rings. The Morgan fingerprint density at radius 3 is 2.87 bits per heavy atom. The molecular formula is C23H22FN4O2+. The highest BCUT2D eigenvalue weighted by molar-refractivity contribution is 5.91. The lowest BCUT2D eigenvalue weighted by molar-refractivity contribution is -0.696. The standard InChI is InChI=1S/C23H22FN4O2/c1-15-18(23(29)28-10-3-2-4-21(28)25-15)9-13-27-11-7-16(8-12-27)22-19-6-5-17(24)14-20(19)30-26-22/h5-8,11-12,14H,2-4,9-10,13H2,1H3/q+1. The summed E-state index contributed by atoms with van der Waals surface area (Å²) in [5, 5.41) is 4.87. The molecule has 1 aromatic carbocycles. The van der Waals surface area contributed by atoms with E-state index >= 15 is 0 Å². The highest BCUT2D eigenvalue weighted by Gasteiger charge is 2.18. The Bertz CT molecular complexity index is 1290. The molecule has 0 amide bonds.